The summed E-state index contributed by atoms with van der Waals surface area (Å²) in [6.45, 7) is 19.4. The molecule has 0 atom stereocenters. The van der Waals surface area contributed by atoms with Gasteiger partial charge in [0.2, 0.25) is 0 Å². The van der Waals surface area contributed by atoms with Gasteiger partial charge in [-0.05, 0) is 79.9 Å². The van der Waals surface area contributed by atoms with E-state index < -0.39 is 11.6 Å². The Bertz CT molecular complexity index is 2070. The van der Waals surface area contributed by atoms with Gasteiger partial charge >= 0.3 is 6.18 Å². The largest absolute Gasteiger partial charge is 0.512 e. The molecule has 8 heteroatoms. The Balaban J connectivity index is 0.000000418. The Hall–Kier alpha value is -3.06. The maximum atomic E-state index is 13.6. The maximum absolute atomic E-state index is 13.6. The first-order valence-electron chi connectivity index (χ1n) is 19.3. The molecule has 0 saturated heterocycles. The van der Waals surface area contributed by atoms with Crippen LogP contribution in [0.2, 0.25) is 0 Å². The minimum Gasteiger partial charge on any atom is -0.512 e. The zero-order valence-corrected chi connectivity index (χ0v) is 36.8. The first-order chi connectivity index (χ1) is 25.0. The molecule has 0 bridgehead atoms. The topological polar surface area (TPSA) is 50.2 Å². The number of nitrogens with zero attached hydrogens (tertiary/aromatic N) is 1. The van der Waals surface area contributed by atoms with Gasteiger partial charge in [-0.15, -0.1) is 40.5 Å². The molecular weight excluding hydrogens is 880 g/mol. The Morgan fingerprint density at radius 1 is 0.852 bits per heavy atom. The number of carbonyl (C=O) groups excluding carboxylic acids is 1. The number of pyridine rings is 1. The summed E-state index contributed by atoms with van der Waals surface area (Å²) < 4.78 is 43.0. The monoisotopic (exact) mass is 937 g/mol. The molecule has 5 rings (SSSR count). The number of aliphatic hydroxyl groups is 1. The van der Waals surface area contributed by atoms with Crippen LogP contribution in [0.4, 0.5) is 13.2 Å². The van der Waals surface area contributed by atoms with Gasteiger partial charge in [-0.3, -0.25) is 9.78 Å². The first-order valence-corrected chi connectivity index (χ1v) is 20.1. The Morgan fingerprint density at radius 2 is 1.44 bits per heavy atom. The summed E-state index contributed by atoms with van der Waals surface area (Å²) in [5, 5.41) is 14.2. The molecule has 1 N–H and O–H groups in total. The fourth-order valence-corrected chi connectivity index (χ4v) is 8.49. The number of hydrogen-bond donors (Lipinski definition) is 1. The van der Waals surface area contributed by atoms with E-state index >= 15 is 0 Å². The number of allylic oxidation sites excluding steroid dienone is 2. The normalized spacial score (nSPS) is 12.8. The molecule has 0 aliphatic heterocycles. The molecule has 0 amide bonds. The molecule has 0 fully saturated rings. The molecule has 5 aromatic rings. The van der Waals surface area contributed by atoms with E-state index in [1.807, 2.05) is 65.1 Å². The van der Waals surface area contributed by atoms with E-state index in [4.69, 9.17) is 4.98 Å². The molecule has 0 aliphatic rings. The predicted molar refractivity (Wildman–Crippen MR) is 219 cm³/mol. The maximum Gasteiger partial charge on any atom is 0.394 e. The summed E-state index contributed by atoms with van der Waals surface area (Å²) in [4.78, 5) is 16.5. The van der Waals surface area contributed by atoms with Gasteiger partial charge in [0.1, 0.15) is 0 Å². The van der Waals surface area contributed by atoms with Gasteiger partial charge in [-0.1, -0.05) is 104 Å². The van der Waals surface area contributed by atoms with E-state index in [0.717, 1.165) is 86.5 Å². The van der Waals surface area contributed by atoms with Crippen LogP contribution in [0.15, 0.2) is 66.6 Å². The van der Waals surface area contributed by atoms with Gasteiger partial charge in [0, 0.05) is 64.7 Å². The third-order valence-electron chi connectivity index (χ3n) is 11.6. The second kappa shape index (κ2) is 18.7. The van der Waals surface area contributed by atoms with Crippen LogP contribution in [0.25, 0.3) is 42.2 Å². The molecule has 295 valence electrons. The number of rotatable bonds is 13. The third kappa shape index (κ3) is 9.48. The molecule has 3 aromatic carbocycles. The van der Waals surface area contributed by atoms with Crippen LogP contribution in [0.1, 0.15) is 118 Å². The second-order valence-corrected chi connectivity index (χ2v) is 16.4. The number of halogens is 3. The number of hydrogen-bond acceptors (Lipinski definition) is 4. The van der Waals surface area contributed by atoms with E-state index in [9.17, 15) is 23.1 Å². The summed E-state index contributed by atoms with van der Waals surface area (Å²) >= 11 is 1.62. The third-order valence-corrected chi connectivity index (χ3v) is 13.0. The van der Waals surface area contributed by atoms with Crippen molar-refractivity contribution in [1.29, 1.82) is 0 Å². The van der Waals surface area contributed by atoms with Crippen LogP contribution in [-0.2, 0) is 36.7 Å². The summed E-state index contributed by atoms with van der Waals surface area (Å²) in [6, 6.07) is 20.2. The van der Waals surface area contributed by atoms with Crippen LogP contribution >= 0.6 is 11.3 Å². The van der Waals surface area contributed by atoms with Crippen LogP contribution in [0.3, 0.4) is 0 Å². The number of aryl methyl sites for hydroxylation is 1. The number of benzene rings is 3. The SMILES string of the molecule is CCC(C)(CC)c1cc(-c2nccc3c2sc2c(C)c(CC(C)(C)C(F)(F)F)ccc23)[c-]c2ccccc12.CCC(CC)C(=O)/C=C(\O)C(CC)CC.[Ir]. The minimum absolute atomic E-state index is 0. The van der Waals surface area contributed by atoms with Gasteiger partial charge in [0.25, 0.3) is 0 Å². The second-order valence-electron chi connectivity index (χ2n) is 15.3. The van der Waals surface area contributed by atoms with Crippen molar-refractivity contribution in [3.05, 3.63) is 89.3 Å². The molecule has 0 unspecified atom stereocenters. The van der Waals surface area contributed by atoms with Crippen LogP contribution in [-0.4, -0.2) is 22.1 Å². The van der Waals surface area contributed by atoms with Gasteiger partial charge in [0.05, 0.1) is 11.2 Å². The number of aromatic nitrogens is 1. The van der Waals surface area contributed by atoms with Crippen LogP contribution < -0.4 is 0 Å². The molecule has 0 aliphatic carbocycles. The Morgan fingerprint density at radius 3 is 2.02 bits per heavy atom. The fraction of sp³-hybridized carbons (Fsp3) is 0.478. The molecule has 3 nitrogen and oxygen atoms in total. The first kappa shape index (κ1) is 45.3. The number of aliphatic hydroxyl groups excluding tert-OH is 1. The van der Waals surface area contributed by atoms with E-state index in [1.165, 1.54) is 30.9 Å². The number of carbonyl (C=O) groups is 1. The molecule has 54 heavy (non-hydrogen) atoms. The molecule has 2 heterocycles. The average molecular weight is 937 g/mol. The van der Waals surface area contributed by atoms with Gasteiger partial charge < -0.3 is 5.11 Å². The molecule has 0 spiro atoms. The average Bonchev–Trinajstić information content (AvgIpc) is 3.52. The van der Waals surface area contributed by atoms with Gasteiger partial charge in [-0.2, -0.15) is 13.2 Å². The van der Waals surface area contributed by atoms with Crippen molar-refractivity contribution in [2.75, 3.05) is 0 Å². The van der Waals surface area contributed by atoms with E-state index in [0.29, 0.717) is 0 Å². The molecule has 2 aromatic heterocycles. The fourth-order valence-electron chi connectivity index (χ4n) is 7.17. The summed E-state index contributed by atoms with van der Waals surface area (Å²) in [5.74, 6) is 0.547. The summed E-state index contributed by atoms with van der Waals surface area (Å²) in [5.41, 5.74) is 3.02. The standard InChI is InChI=1S/C33H33F3NS.C13H24O2.Ir/c1-7-32(6,8-2)27-18-23(17-21-11-9-10-12-24(21)27)28-30-26(15-16-37-28)25-14-13-22(20(3)29(25)38-30)19-31(4,5)33(34,35)36;1-5-10(6-2)12(14)9-13(15)11(7-3)8-4;/h9-16,18H,7-8,19H2,1-6H3;9-11,14H,5-8H2,1-4H3;/q-1;;/b;12-9-;. The Kier molecular flexibility index (Phi) is 15.7. The van der Waals surface area contributed by atoms with Crippen molar-refractivity contribution in [3.8, 4) is 11.3 Å². The number of ketones is 1. The van der Waals surface area contributed by atoms with Crippen molar-refractivity contribution in [1.82, 2.24) is 4.98 Å². The Labute approximate surface area is 338 Å². The van der Waals surface area contributed by atoms with Gasteiger partial charge in [-0.25, -0.2) is 0 Å². The van der Waals surface area contributed by atoms with E-state index in [2.05, 4.69) is 51.1 Å². The molecular formula is C46H57F3IrNO2S-. The summed E-state index contributed by atoms with van der Waals surface area (Å²) in [6.07, 6.45) is 4.47. The quantitative estimate of drug-likeness (QED) is 0.0727. The minimum atomic E-state index is -4.26. The van der Waals surface area contributed by atoms with Crippen LogP contribution in [0.5, 0.6) is 0 Å². The zero-order chi connectivity index (χ0) is 39.3. The van der Waals surface area contributed by atoms with Crippen molar-refractivity contribution in [3.63, 3.8) is 0 Å². The zero-order valence-electron chi connectivity index (χ0n) is 33.6. The van der Waals surface area contributed by atoms with E-state index in [1.54, 1.807) is 11.3 Å². The predicted octanol–water partition coefficient (Wildman–Crippen LogP) is 14.5. The van der Waals surface area contributed by atoms with Gasteiger partial charge in [0.15, 0.2) is 5.78 Å². The smallest absolute Gasteiger partial charge is 0.394 e. The van der Waals surface area contributed by atoms with Crippen molar-refractivity contribution in [2.24, 2.45) is 17.3 Å². The molecule has 0 saturated carbocycles. The van der Waals surface area contributed by atoms with E-state index in [-0.39, 0.29) is 55.3 Å². The number of fused-ring (bicyclic) bond motifs is 4. The summed E-state index contributed by atoms with van der Waals surface area (Å²) in [7, 11) is 0. The van der Waals surface area contributed by atoms with Crippen molar-refractivity contribution >= 4 is 48.1 Å². The number of alkyl halides is 3. The number of thiophene rings is 1. The molecule has 1 radical (unpaired) electrons. The van der Waals surface area contributed by atoms with Crippen molar-refractivity contribution < 1.29 is 43.2 Å². The van der Waals surface area contributed by atoms with Crippen LogP contribution in [0, 0.1) is 30.2 Å². The van der Waals surface area contributed by atoms with Crippen molar-refractivity contribution in [2.45, 2.75) is 126 Å².